The molecule has 1 amide bonds. The molecule has 1 aromatic heterocycles. The van der Waals surface area contributed by atoms with Crippen LogP contribution in [0.1, 0.15) is 30.3 Å². The van der Waals surface area contributed by atoms with Gasteiger partial charge in [0.15, 0.2) is 0 Å². The van der Waals surface area contributed by atoms with Gasteiger partial charge in [0, 0.05) is 45.5 Å². The monoisotopic (exact) mass is 303 g/mol. The zero-order chi connectivity index (χ0) is 15.5. The maximum Gasteiger partial charge on any atom is 0.272 e. The Kier molecular flexibility index (Phi) is 4.57. The first kappa shape index (κ1) is 15.2. The third kappa shape index (κ3) is 3.38. The summed E-state index contributed by atoms with van der Waals surface area (Å²) in [5.41, 5.74) is 0.526. The van der Waals surface area contributed by atoms with Gasteiger partial charge in [0.25, 0.3) is 5.91 Å². The molecular weight excluding hydrogens is 278 g/mol. The van der Waals surface area contributed by atoms with Crippen LogP contribution in [0.5, 0.6) is 0 Å². The third-order valence-electron chi connectivity index (χ3n) is 4.59. The number of hydrogen-bond donors (Lipinski definition) is 0. The van der Waals surface area contributed by atoms with E-state index in [4.69, 9.17) is 0 Å². The van der Waals surface area contributed by atoms with Crippen LogP contribution < -0.4 is 4.90 Å². The molecule has 0 spiro atoms. The molecule has 2 aliphatic rings. The van der Waals surface area contributed by atoms with Gasteiger partial charge < -0.3 is 14.7 Å². The van der Waals surface area contributed by atoms with Gasteiger partial charge in [-0.15, -0.1) is 0 Å². The summed E-state index contributed by atoms with van der Waals surface area (Å²) in [4.78, 5) is 27.9. The highest BCUT2D eigenvalue weighted by Gasteiger charge is 2.24. The summed E-state index contributed by atoms with van der Waals surface area (Å²) in [5, 5.41) is 0. The maximum atomic E-state index is 12.6. The highest BCUT2D eigenvalue weighted by molar-refractivity contribution is 5.92. The Morgan fingerprint density at radius 3 is 2.73 bits per heavy atom. The normalized spacial score (nSPS) is 23.6. The predicted octanol–water partition coefficient (Wildman–Crippen LogP) is 1.10. The summed E-state index contributed by atoms with van der Waals surface area (Å²) in [5.74, 6) is 1.31. The zero-order valence-electron chi connectivity index (χ0n) is 13.5. The highest BCUT2D eigenvalue weighted by atomic mass is 16.2. The Bertz CT molecular complexity index is 527. The molecule has 1 atom stereocenters. The molecular formula is C16H25N5O. The Labute approximate surface area is 132 Å². The molecule has 0 N–H and O–H groups in total. The summed E-state index contributed by atoms with van der Waals surface area (Å²) < 4.78 is 0. The molecule has 1 unspecified atom stereocenters. The molecule has 6 nitrogen and oxygen atoms in total. The highest BCUT2D eigenvalue weighted by Crippen LogP contribution is 2.18. The van der Waals surface area contributed by atoms with E-state index in [-0.39, 0.29) is 5.91 Å². The van der Waals surface area contributed by atoms with Crippen molar-refractivity contribution in [2.24, 2.45) is 5.92 Å². The molecule has 0 aliphatic carbocycles. The minimum Gasteiger partial charge on any atom is -0.338 e. The number of carbonyl (C=O) groups excluding carboxylic acids is 1. The maximum absolute atomic E-state index is 12.6. The third-order valence-corrected chi connectivity index (χ3v) is 4.59. The number of piperazine rings is 1. The fraction of sp³-hybridized carbons (Fsp3) is 0.688. The summed E-state index contributed by atoms with van der Waals surface area (Å²) >= 11 is 0. The molecule has 6 heteroatoms. The van der Waals surface area contributed by atoms with Crippen molar-refractivity contribution < 1.29 is 4.79 Å². The van der Waals surface area contributed by atoms with Crippen LogP contribution in [0.25, 0.3) is 0 Å². The van der Waals surface area contributed by atoms with Crippen LogP contribution in [0.4, 0.5) is 5.95 Å². The molecule has 120 valence electrons. The average molecular weight is 303 g/mol. The number of rotatable bonds is 2. The molecule has 0 bridgehead atoms. The minimum absolute atomic E-state index is 0.0457. The van der Waals surface area contributed by atoms with Gasteiger partial charge in [-0.3, -0.25) is 4.79 Å². The SMILES string of the molecule is CC1CCCN(C(=O)c2ccnc(N3CCN(C)CC3)n2)C1. The number of nitrogens with zero attached hydrogens (tertiary/aromatic N) is 5. The summed E-state index contributed by atoms with van der Waals surface area (Å²) in [7, 11) is 2.12. The van der Waals surface area contributed by atoms with E-state index in [2.05, 4.69) is 33.7 Å². The quantitative estimate of drug-likeness (QED) is 0.819. The second-order valence-electron chi connectivity index (χ2n) is 6.53. The van der Waals surface area contributed by atoms with E-state index >= 15 is 0 Å². The Morgan fingerprint density at radius 1 is 1.23 bits per heavy atom. The van der Waals surface area contributed by atoms with Crippen LogP contribution in [-0.2, 0) is 0 Å². The lowest BCUT2D eigenvalue weighted by molar-refractivity contribution is 0.0677. The van der Waals surface area contributed by atoms with E-state index in [1.54, 1.807) is 12.3 Å². The lowest BCUT2D eigenvalue weighted by Gasteiger charge is -2.33. The van der Waals surface area contributed by atoms with Crippen LogP contribution in [0.2, 0.25) is 0 Å². The Balaban J connectivity index is 1.71. The van der Waals surface area contributed by atoms with Crippen LogP contribution in [0.3, 0.4) is 0 Å². The number of likely N-dealkylation sites (tertiary alicyclic amines) is 1. The minimum atomic E-state index is 0.0457. The van der Waals surface area contributed by atoms with Crippen LogP contribution in [-0.4, -0.2) is 72.0 Å². The van der Waals surface area contributed by atoms with Gasteiger partial charge in [-0.2, -0.15) is 0 Å². The molecule has 0 saturated carbocycles. The molecule has 2 aliphatic heterocycles. The van der Waals surface area contributed by atoms with Crippen molar-refractivity contribution in [2.45, 2.75) is 19.8 Å². The zero-order valence-corrected chi connectivity index (χ0v) is 13.5. The summed E-state index contributed by atoms with van der Waals surface area (Å²) in [6.45, 7) is 7.72. The summed E-state index contributed by atoms with van der Waals surface area (Å²) in [6.07, 6.45) is 4.00. The van der Waals surface area contributed by atoms with Gasteiger partial charge in [0.05, 0.1) is 0 Å². The summed E-state index contributed by atoms with van der Waals surface area (Å²) in [6, 6.07) is 1.74. The lowest BCUT2D eigenvalue weighted by Crippen LogP contribution is -2.45. The first-order valence-electron chi connectivity index (χ1n) is 8.19. The van der Waals surface area contributed by atoms with Crippen LogP contribution in [0.15, 0.2) is 12.3 Å². The van der Waals surface area contributed by atoms with Gasteiger partial charge in [-0.05, 0) is 31.9 Å². The van der Waals surface area contributed by atoms with Crippen molar-refractivity contribution in [3.63, 3.8) is 0 Å². The number of hydrogen-bond acceptors (Lipinski definition) is 5. The predicted molar refractivity (Wildman–Crippen MR) is 86.0 cm³/mol. The average Bonchev–Trinajstić information content (AvgIpc) is 2.55. The molecule has 0 radical (unpaired) electrons. The van der Waals surface area contributed by atoms with E-state index in [0.29, 0.717) is 17.6 Å². The van der Waals surface area contributed by atoms with E-state index in [1.807, 2.05) is 4.90 Å². The Morgan fingerprint density at radius 2 is 2.00 bits per heavy atom. The number of carbonyl (C=O) groups is 1. The van der Waals surface area contributed by atoms with E-state index in [0.717, 1.165) is 45.7 Å². The number of piperidine rings is 1. The first-order chi connectivity index (χ1) is 10.6. The van der Waals surface area contributed by atoms with E-state index in [9.17, 15) is 4.79 Å². The topological polar surface area (TPSA) is 52.6 Å². The molecule has 2 saturated heterocycles. The van der Waals surface area contributed by atoms with E-state index in [1.165, 1.54) is 6.42 Å². The van der Waals surface area contributed by atoms with Crippen LogP contribution in [0, 0.1) is 5.92 Å². The van der Waals surface area contributed by atoms with Gasteiger partial charge in [0.1, 0.15) is 5.69 Å². The number of aromatic nitrogens is 2. The molecule has 1 aromatic rings. The fourth-order valence-corrected chi connectivity index (χ4v) is 3.16. The van der Waals surface area contributed by atoms with Crippen molar-refractivity contribution in [1.82, 2.24) is 19.8 Å². The molecule has 2 fully saturated rings. The number of anilines is 1. The molecule has 3 rings (SSSR count). The van der Waals surface area contributed by atoms with Gasteiger partial charge >= 0.3 is 0 Å². The second kappa shape index (κ2) is 6.60. The first-order valence-corrected chi connectivity index (χ1v) is 8.19. The van der Waals surface area contributed by atoms with Crippen molar-refractivity contribution in [1.29, 1.82) is 0 Å². The number of amides is 1. The van der Waals surface area contributed by atoms with Crippen molar-refractivity contribution in [2.75, 3.05) is 51.2 Å². The smallest absolute Gasteiger partial charge is 0.272 e. The van der Waals surface area contributed by atoms with Crippen molar-refractivity contribution in [3.05, 3.63) is 18.0 Å². The number of likely N-dealkylation sites (N-methyl/N-ethyl adjacent to an activating group) is 1. The molecule has 22 heavy (non-hydrogen) atoms. The Hall–Kier alpha value is -1.69. The molecule has 3 heterocycles. The van der Waals surface area contributed by atoms with Crippen molar-refractivity contribution >= 4 is 11.9 Å². The van der Waals surface area contributed by atoms with Crippen molar-refractivity contribution in [3.8, 4) is 0 Å². The van der Waals surface area contributed by atoms with Gasteiger partial charge in [-0.25, -0.2) is 9.97 Å². The second-order valence-corrected chi connectivity index (χ2v) is 6.53. The standard InChI is InChI=1S/C16H25N5O/c1-13-4-3-7-21(12-13)15(22)14-5-6-17-16(18-14)20-10-8-19(2)9-11-20/h5-6,13H,3-4,7-12H2,1-2H3. The molecule has 0 aromatic carbocycles. The van der Waals surface area contributed by atoms with E-state index < -0.39 is 0 Å². The van der Waals surface area contributed by atoms with Gasteiger partial charge in [0.2, 0.25) is 5.95 Å². The van der Waals surface area contributed by atoms with Crippen LogP contribution >= 0.6 is 0 Å². The largest absolute Gasteiger partial charge is 0.338 e. The van der Waals surface area contributed by atoms with Gasteiger partial charge in [-0.1, -0.05) is 6.92 Å². The fourth-order valence-electron chi connectivity index (χ4n) is 3.16. The lowest BCUT2D eigenvalue weighted by atomic mass is 10.00.